The topological polar surface area (TPSA) is 43.3 Å². The van der Waals surface area contributed by atoms with Crippen LogP contribution in [0.15, 0.2) is 29.4 Å². The van der Waals surface area contributed by atoms with Crippen LogP contribution in [-0.2, 0) is 6.42 Å². The van der Waals surface area contributed by atoms with Crippen LogP contribution in [0.25, 0.3) is 5.65 Å². The minimum atomic E-state index is 0.154. The van der Waals surface area contributed by atoms with Crippen LogP contribution in [0.5, 0.6) is 0 Å². The van der Waals surface area contributed by atoms with E-state index in [1.165, 1.54) is 5.69 Å². The SMILES string of the molecule is CCC(C)Sc1nc2ccccn2c1CC(C)N. The summed E-state index contributed by atoms with van der Waals surface area (Å²) < 4.78 is 2.16. The van der Waals surface area contributed by atoms with Crippen molar-refractivity contribution in [2.45, 2.75) is 49.9 Å². The zero-order chi connectivity index (χ0) is 13.1. The minimum absolute atomic E-state index is 0.154. The quantitative estimate of drug-likeness (QED) is 0.843. The summed E-state index contributed by atoms with van der Waals surface area (Å²) >= 11 is 1.85. The smallest absolute Gasteiger partial charge is 0.138 e. The summed E-state index contributed by atoms with van der Waals surface area (Å²) in [5.74, 6) is 0. The zero-order valence-corrected chi connectivity index (χ0v) is 12.1. The van der Waals surface area contributed by atoms with Gasteiger partial charge in [0.1, 0.15) is 10.7 Å². The van der Waals surface area contributed by atoms with Crippen molar-refractivity contribution in [1.82, 2.24) is 9.38 Å². The molecule has 0 spiro atoms. The van der Waals surface area contributed by atoms with Crippen LogP contribution in [0.4, 0.5) is 0 Å². The summed E-state index contributed by atoms with van der Waals surface area (Å²) in [7, 11) is 0. The summed E-state index contributed by atoms with van der Waals surface area (Å²) in [6, 6.07) is 6.26. The molecule has 0 fully saturated rings. The largest absolute Gasteiger partial charge is 0.328 e. The molecule has 0 saturated carbocycles. The molecule has 2 heterocycles. The summed E-state index contributed by atoms with van der Waals surface area (Å²) in [5, 5.41) is 1.72. The van der Waals surface area contributed by atoms with Crippen molar-refractivity contribution in [2.24, 2.45) is 5.73 Å². The second kappa shape index (κ2) is 5.76. The van der Waals surface area contributed by atoms with Crippen molar-refractivity contribution in [2.75, 3.05) is 0 Å². The maximum absolute atomic E-state index is 5.96. The van der Waals surface area contributed by atoms with E-state index in [4.69, 9.17) is 10.7 Å². The molecular weight excluding hydrogens is 242 g/mol. The lowest BCUT2D eigenvalue weighted by Crippen LogP contribution is -2.19. The minimum Gasteiger partial charge on any atom is -0.328 e. The van der Waals surface area contributed by atoms with E-state index in [1.807, 2.05) is 36.9 Å². The van der Waals surface area contributed by atoms with Crippen LogP contribution in [0, 0.1) is 0 Å². The molecule has 0 aliphatic rings. The number of rotatable bonds is 5. The van der Waals surface area contributed by atoms with Gasteiger partial charge in [-0.05, 0) is 25.5 Å². The third-order valence-corrected chi connectivity index (χ3v) is 4.28. The predicted molar refractivity (Wildman–Crippen MR) is 78.2 cm³/mol. The molecule has 2 rings (SSSR count). The van der Waals surface area contributed by atoms with Crippen molar-refractivity contribution in [3.05, 3.63) is 30.1 Å². The molecular formula is C14H21N3S. The second-order valence-corrected chi connectivity index (χ2v) is 6.24. The highest BCUT2D eigenvalue weighted by atomic mass is 32.2. The maximum Gasteiger partial charge on any atom is 0.138 e. The van der Waals surface area contributed by atoms with E-state index >= 15 is 0 Å². The molecule has 0 amide bonds. The Morgan fingerprint density at radius 3 is 2.83 bits per heavy atom. The molecule has 0 aliphatic heterocycles. The summed E-state index contributed by atoms with van der Waals surface area (Å²) in [6.45, 7) is 6.49. The monoisotopic (exact) mass is 263 g/mol. The number of thioether (sulfide) groups is 1. The first-order valence-electron chi connectivity index (χ1n) is 6.50. The molecule has 0 saturated heterocycles. The van der Waals surface area contributed by atoms with E-state index in [0.29, 0.717) is 5.25 Å². The Morgan fingerprint density at radius 1 is 1.39 bits per heavy atom. The van der Waals surface area contributed by atoms with Crippen LogP contribution in [0.3, 0.4) is 0 Å². The molecule has 4 heteroatoms. The van der Waals surface area contributed by atoms with E-state index in [2.05, 4.69) is 24.4 Å². The fourth-order valence-electron chi connectivity index (χ4n) is 1.88. The third-order valence-electron chi connectivity index (χ3n) is 3.00. The highest BCUT2D eigenvalue weighted by molar-refractivity contribution is 7.99. The number of imidazole rings is 1. The van der Waals surface area contributed by atoms with Gasteiger partial charge >= 0.3 is 0 Å². The standard InChI is InChI=1S/C14H21N3S/c1-4-11(3)18-14-12(9-10(2)15)17-8-6-5-7-13(17)16-14/h5-8,10-11H,4,9,15H2,1-3H3. The van der Waals surface area contributed by atoms with Gasteiger partial charge in [0.2, 0.25) is 0 Å². The fourth-order valence-corrected chi connectivity index (χ4v) is 2.90. The van der Waals surface area contributed by atoms with Gasteiger partial charge in [0.15, 0.2) is 0 Å². The van der Waals surface area contributed by atoms with Crippen LogP contribution in [0.1, 0.15) is 32.9 Å². The van der Waals surface area contributed by atoms with Crippen molar-refractivity contribution >= 4 is 17.4 Å². The van der Waals surface area contributed by atoms with Gasteiger partial charge in [-0.1, -0.05) is 19.9 Å². The molecule has 2 aromatic heterocycles. The maximum atomic E-state index is 5.96. The molecule has 0 aliphatic carbocycles. The number of aromatic nitrogens is 2. The van der Waals surface area contributed by atoms with Crippen molar-refractivity contribution in [3.63, 3.8) is 0 Å². The highest BCUT2D eigenvalue weighted by Gasteiger charge is 2.15. The average molecular weight is 263 g/mol. The van der Waals surface area contributed by atoms with E-state index in [1.54, 1.807) is 0 Å². The van der Waals surface area contributed by atoms with Gasteiger partial charge in [-0.2, -0.15) is 0 Å². The first kappa shape index (κ1) is 13.4. The first-order chi connectivity index (χ1) is 8.61. The van der Waals surface area contributed by atoms with Gasteiger partial charge in [-0.3, -0.25) is 0 Å². The van der Waals surface area contributed by atoms with Crippen LogP contribution >= 0.6 is 11.8 Å². The Bertz CT molecular complexity index is 519. The van der Waals surface area contributed by atoms with Gasteiger partial charge in [0, 0.05) is 23.9 Å². The van der Waals surface area contributed by atoms with E-state index in [-0.39, 0.29) is 6.04 Å². The lowest BCUT2D eigenvalue weighted by molar-refractivity contribution is 0.705. The van der Waals surface area contributed by atoms with E-state index in [0.717, 1.165) is 23.5 Å². The van der Waals surface area contributed by atoms with Crippen molar-refractivity contribution < 1.29 is 0 Å². The molecule has 0 bridgehead atoms. The first-order valence-corrected chi connectivity index (χ1v) is 7.38. The van der Waals surface area contributed by atoms with Crippen LogP contribution < -0.4 is 5.73 Å². The molecule has 2 N–H and O–H groups in total. The predicted octanol–water partition coefficient (Wildman–Crippen LogP) is 3.11. The van der Waals surface area contributed by atoms with Gasteiger partial charge in [-0.25, -0.2) is 4.98 Å². The van der Waals surface area contributed by atoms with Gasteiger partial charge < -0.3 is 10.1 Å². The molecule has 18 heavy (non-hydrogen) atoms. The normalized spacial score (nSPS) is 14.9. The Kier molecular flexibility index (Phi) is 4.30. The Morgan fingerprint density at radius 2 is 2.17 bits per heavy atom. The van der Waals surface area contributed by atoms with Gasteiger partial charge in [0.25, 0.3) is 0 Å². The summed E-state index contributed by atoms with van der Waals surface area (Å²) in [4.78, 5) is 4.72. The Labute approximate surface area is 113 Å². The lowest BCUT2D eigenvalue weighted by Gasteiger charge is -2.10. The number of nitrogens with two attached hydrogens (primary N) is 1. The molecule has 2 atom stereocenters. The fraction of sp³-hybridized carbons (Fsp3) is 0.500. The van der Waals surface area contributed by atoms with Gasteiger partial charge in [-0.15, -0.1) is 11.8 Å². The van der Waals surface area contributed by atoms with Crippen molar-refractivity contribution in [1.29, 1.82) is 0 Å². The van der Waals surface area contributed by atoms with E-state index in [9.17, 15) is 0 Å². The van der Waals surface area contributed by atoms with Crippen LogP contribution in [-0.4, -0.2) is 20.7 Å². The second-order valence-electron chi connectivity index (χ2n) is 4.81. The zero-order valence-electron chi connectivity index (χ0n) is 11.3. The third kappa shape index (κ3) is 2.87. The van der Waals surface area contributed by atoms with E-state index < -0.39 is 0 Å². The Balaban J connectivity index is 2.43. The Hall–Kier alpha value is -1.00. The van der Waals surface area contributed by atoms with Crippen molar-refractivity contribution in [3.8, 4) is 0 Å². The number of nitrogens with zero attached hydrogens (tertiary/aromatic N) is 2. The molecule has 3 nitrogen and oxygen atoms in total. The molecule has 2 unspecified atom stereocenters. The lowest BCUT2D eigenvalue weighted by atomic mass is 10.2. The summed E-state index contributed by atoms with van der Waals surface area (Å²) in [6.07, 6.45) is 4.08. The number of fused-ring (bicyclic) bond motifs is 1. The molecule has 0 aromatic carbocycles. The molecule has 2 aromatic rings. The van der Waals surface area contributed by atoms with Gasteiger partial charge in [0.05, 0.1) is 5.69 Å². The number of hydrogen-bond donors (Lipinski definition) is 1. The number of pyridine rings is 1. The molecule has 98 valence electrons. The average Bonchev–Trinajstić information content (AvgIpc) is 2.67. The van der Waals surface area contributed by atoms with Crippen LogP contribution in [0.2, 0.25) is 0 Å². The number of hydrogen-bond acceptors (Lipinski definition) is 3. The molecule has 0 radical (unpaired) electrons. The summed E-state index contributed by atoms with van der Waals surface area (Å²) in [5.41, 5.74) is 8.21. The highest BCUT2D eigenvalue weighted by Crippen LogP contribution is 2.29.